The summed E-state index contributed by atoms with van der Waals surface area (Å²) in [6.07, 6.45) is -1.69. The van der Waals surface area contributed by atoms with Crippen LogP contribution in [0.25, 0.3) is 0 Å². The maximum Gasteiger partial charge on any atom is 0.433 e. The molecule has 0 aliphatic heterocycles. The summed E-state index contributed by atoms with van der Waals surface area (Å²) in [4.78, 5) is 26.4. The average molecular weight is 301 g/mol. The van der Waals surface area contributed by atoms with E-state index >= 15 is 0 Å². The van der Waals surface area contributed by atoms with Crippen molar-refractivity contribution in [3.63, 3.8) is 0 Å². The van der Waals surface area contributed by atoms with Crippen LogP contribution in [0.3, 0.4) is 0 Å². The van der Waals surface area contributed by atoms with Crippen LogP contribution in [0.5, 0.6) is 0 Å². The van der Waals surface area contributed by atoms with Crippen LogP contribution in [-0.2, 0) is 11.0 Å². The van der Waals surface area contributed by atoms with Crippen molar-refractivity contribution in [2.24, 2.45) is 11.7 Å². The number of alkyl halides is 3. The molecule has 0 aromatic carbocycles. The van der Waals surface area contributed by atoms with Crippen molar-refractivity contribution >= 4 is 11.8 Å². The second kappa shape index (κ2) is 5.71. The lowest BCUT2D eigenvalue weighted by molar-refractivity contribution is -0.141. The van der Waals surface area contributed by atoms with E-state index in [-0.39, 0.29) is 11.6 Å². The number of nitrogens with two attached hydrogens (primary N) is 1. The van der Waals surface area contributed by atoms with Crippen LogP contribution >= 0.6 is 0 Å². The summed E-state index contributed by atoms with van der Waals surface area (Å²) < 4.78 is 37.1. The molecule has 1 heterocycles. The standard InChI is InChI=1S/C13H14F3N3O2/c14-13(15,16)10-5-4-7(6-18-10)12(21)19-9-3-1-2-8(9)11(17)20/h4-6,8-9H,1-3H2,(H2,17,20)(H,19,21)/t8-,9-/m1/s1. The Morgan fingerprint density at radius 3 is 2.52 bits per heavy atom. The van der Waals surface area contributed by atoms with Gasteiger partial charge in [0.2, 0.25) is 5.91 Å². The van der Waals surface area contributed by atoms with Crippen molar-refractivity contribution < 1.29 is 22.8 Å². The number of primary amides is 1. The first-order valence-corrected chi connectivity index (χ1v) is 6.42. The van der Waals surface area contributed by atoms with E-state index in [0.717, 1.165) is 24.8 Å². The molecule has 1 saturated carbocycles. The van der Waals surface area contributed by atoms with Crippen molar-refractivity contribution in [1.82, 2.24) is 10.3 Å². The topological polar surface area (TPSA) is 85.1 Å². The fraction of sp³-hybridized carbons (Fsp3) is 0.462. The number of halogens is 3. The summed E-state index contributed by atoms with van der Waals surface area (Å²) in [5.74, 6) is -1.48. The Kier molecular flexibility index (Phi) is 4.15. The molecular formula is C13H14F3N3O2. The molecule has 114 valence electrons. The molecule has 0 saturated heterocycles. The second-order valence-electron chi connectivity index (χ2n) is 4.95. The summed E-state index contributed by atoms with van der Waals surface area (Å²) in [5, 5.41) is 2.62. The minimum atomic E-state index is -4.54. The summed E-state index contributed by atoms with van der Waals surface area (Å²) in [5.41, 5.74) is 4.19. The molecule has 2 atom stereocenters. The average Bonchev–Trinajstić information content (AvgIpc) is 2.86. The first-order valence-electron chi connectivity index (χ1n) is 6.42. The summed E-state index contributed by atoms with van der Waals surface area (Å²) >= 11 is 0. The molecule has 0 bridgehead atoms. The second-order valence-corrected chi connectivity index (χ2v) is 4.95. The van der Waals surface area contributed by atoms with E-state index in [2.05, 4.69) is 10.3 Å². The zero-order chi connectivity index (χ0) is 15.6. The van der Waals surface area contributed by atoms with Crippen molar-refractivity contribution in [1.29, 1.82) is 0 Å². The van der Waals surface area contributed by atoms with Gasteiger partial charge < -0.3 is 11.1 Å². The fourth-order valence-electron chi connectivity index (χ4n) is 2.42. The zero-order valence-corrected chi connectivity index (χ0v) is 11.0. The molecule has 8 heteroatoms. The van der Waals surface area contributed by atoms with Gasteiger partial charge in [0.05, 0.1) is 11.5 Å². The van der Waals surface area contributed by atoms with Crippen LogP contribution in [0.2, 0.25) is 0 Å². The summed E-state index contributed by atoms with van der Waals surface area (Å²) in [6.45, 7) is 0. The quantitative estimate of drug-likeness (QED) is 0.887. The number of hydrogen-bond acceptors (Lipinski definition) is 3. The number of amides is 2. The Morgan fingerprint density at radius 2 is 2.00 bits per heavy atom. The van der Waals surface area contributed by atoms with Crippen molar-refractivity contribution in [3.8, 4) is 0 Å². The van der Waals surface area contributed by atoms with E-state index in [4.69, 9.17) is 5.73 Å². The van der Waals surface area contributed by atoms with E-state index < -0.39 is 29.6 Å². The highest BCUT2D eigenvalue weighted by Crippen LogP contribution is 2.28. The number of aromatic nitrogens is 1. The Morgan fingerprint density at radius 1 is 1.29 bits per heavy atom. The van der Waals surface area contributed by atoms with Crippen LogP contribution in [0.15, 0.2) is 18.3 Å². The SMILES string of the molecule is NC(=O)[C@@H]1CCC[C@H]1NC(=O)c1ccc(C(F)(F)F)nc1. The van der Waals surface area contributed by atoms with Gasteiger partial charge in [0.1, 0.15) is 5.69 Å². The molecule has 2 rings (SSSR count). The number of carbonyl (C=O) groups excluding carboxylic acids is 2. The lowest BCUT2D eigenvalue weighted by Crippen LogP contribution is -2.42. The van der Waals surface area contributed by atoms with E-state index in [1.807, 2.05) is 0 Å². The van der Waals surface area contributed by atoms with Crippen LogP contribution in [-0.4, -0.2) is 22.8 Å². The highest BCUT2D eigenvalue weighted by molar-refractivity contribution is 5.94. The Labute approximate surface area is 118 Å². The van der Waals surface area contributed by atoms with Gasteiger partial charge in [-0.25, -0.2) is 0 Å². The molecule has 1 aromatic rings. The van der Waals surface area contributed by atoms with E-state index in [9.17, 15) is 22.8 Å². The minimum absolute atomic E-state index is 0.0121. The van der Waals surface area contributed by atoms with Gasteiger partial charge in [-0.05, 0) is 25.0 Å². The summed E-state index contributed by atoms with van der Waals surface area (Å²) in [6, 6.07) is 1.42. The van der Waals surface area contributed by atoms with Gasteiger partial charge in [0, 0.05) is 12.2 Å². The lowest BCUT2D eigenvalue weighted by atomic mass is 10.0. The molecule has 0 unspecified atom stereocenters. The van der Waals surface area contributed by atoms with Crippen LogP contribution in [0.4, 0.5) is 13.2 Å². The van der Waals surface area contributed by atoms with Gasteiger partial charge in [-0.2, -0.15) is 13.2 Å². The molecule has 0 radical (unpaired) electrons. The molecule has 1 aliphatic carbocycles. The van der Waals surface area contributed by atoms with Crippen molar-refractivity contribution in [2.75, 3.05) is 0 Å². The van der Waals surface area contributed by atoms with Gasteiger partial charge in [0.15, 0.2) is 0 Å². The molecule has 0 spiro atoms. The van der Waals surface area contributed by atoms with Gasteiger partial charge in [-0.1, -0.05) is 6.42 Å². The smallest absolute Gasteiger partial charge is 0.369 e. The fourth-order valence-corrected chi connectivity index (χ4v) is 2.42. The maximum atomic E-state index is 12.4. The maximum absolute atomic E-state index is 12.4. The predicted molar refractivity (Wildman–Crippen MR) is 67.0 cm³/mol. The van der Waals surface area contributed by atoms with E-state index in [1.54, 1.807) is 0 Å². The molecule has 1 aliphatic rings. The Balaban J connectivity index is 2.05. The van der Waals surface area contributed by atoms with Gasteiger partial charge in [-0.3, -0.25) is 14.6 Å². The number of nitrogens with one attached hydrogen (secondary N) is 1. The van der Waals surface area contributed by atoms with Crippen molar-refractivity contribution in [2.45, 2.75) is 31.5 Å². The minimum Gasteiger partial charge on any atom is -0.369 e. The molecule has 1 fully saturated rings. The van der Waals surface area contributed by atoms with E-state index in [1.165, 1.54) is 0 Å². The third-order valence-electron chi connectivity index (χ3n) is 3.51. The number of hydrogen-bond donors (Lipinski definition) is 2. The van der Waals surface area contributed by atoms with Crippen LogP contribution < -0.4 is 11.1 Å². The lowest BCUT2D eigenvalue weighted by Gasteiger charge is -2.18. The number of carbonyl (C=O) groups is 2. The molecule has 1 aromatic heterocycles. The normalized spacial score (nSPS) is 22.0. The molecule has 5 nitrogen and oxygen atoms in total. The molecule has 3 N–H and O–H groups in total. The van der Waals surface area contributed by atoms with Gasteiger partial charge >= 0.3 is 6.18 Å². The molecular weight excluding hydrogens is 287 g/mol. The predicted octanol–water partition coefficient (Wildman–Crippen LogP) is 1.48. The van der Waals surface area contributed by atoms with Crippen LogP contribution in [0.1, 0.15) is 35.3 Å². The number of rotatable bonds is 3. The first-order chi connectivity index (χ1) is 9.79. The number of nitrogens with zero attached hydrogens (tertiary/aromatic N) is 1. The van der Waals surface area contributed by atoms with Gasteiger partial charge in [0.25, 0.3) is 5.91 Å². The Bertz CT molecular complexity index is 543. The highest BCUT2D eigenvalue weighted by atomic mass is 19.4. The van der Waals surface area contributed by atoms with Gasteiger partial charge in [-0.15, -0.1) is 0 Å². The Hall–Kier alpha value is -2.12. The van der Waals surface area contributed by atoms with E-state index in [0.29, 0.717) is 12.8 Å². The van der Waals surface area contributed by atoms with Crippen LogP contribution in [0, 0.1) is 5.92 Å². The molecule has 21 heavy (non-hydrogen) atoms. The largest absolute Gasteiger partial charge is 0.433 e. The summed E-state index contributed by atoms with van der Waals surface area (Å²) in [7, 11) is 0. The highest BCUT2D eigenvalue weighted by Gasteiger charge is 2.34. The monoisotopic (exact) mass is 301 g/mol. The van der Waals surface area contributed by atoms with Crippen molar-refractivity contribution in [3.05, 3.63) is 29.6 Å². The zero-order valence-electron chi connectivity index (χ0n) is 11.0. The third-order valence-corrected chi connectivity index (χ3v) is 3.51. The first kappa shape index (κ1) is 15.3. The number of pyridine rings is 1. The molecule has 2 amide bonds. The third kappa shape index (κ3) is 3.50.